The number of morpholine rings is 1. The minimum absolute atomic E-state index is 0.273. The molecule has 0 atom stereocenters. The molecule has 3 N–H and O–H groups in total. The van der Waals surface area contributed by atoms with Gasteiger partial charge in [0.25, 0.3) is 0 Å². The molecule has 1 aromatic rings. The van der Waals surface area contributed by atoms with Crippen molar-refractivity contribution in [3.05, 3.63) is 34.1 Å². The number of nitrogens with one attached hydrogen (secondary N) is 1. The Labute approximate surface area is 138 Å². The van der Waals surface area contributed by atoms with Crippen molar-refractivity contribution in [1.82, 2.24) is 10.2 Å². The quantitative estimate of drug-likeness (QED) is 0.453. The van der Waals surface area contributed by atoms with Crippen molar-refractivity contribution in [2.45, 2.75) is 13.0 Å². The van der Waals surface area contributed by atoms with Crippen LogP contribution in [0.3, 0.4) is 0 Å². The highest BCUT2D eigenvalue weighted by molar-refractivity contribution is 9.10. The van der Waals surface area contributed by atoms with Gasteiger partial charge in [-0.2, -0.15) is 0 Å². The van der Waals surface area contributed by atoms with Crippen LogP contribution >= 0.6 is 15.9 Å². The van der Waals surface area contributed by atoms with E-state index in [2.05, 4.69) is 31.1 Å². The van der Waals surface area contributed by atoms with E-state index in [4.69, 9.17) is 10.5 Å². The van der Waals surface area contributed by atoms with Crippen molar-refractivity contribution < 1.29 is 9.13 Å². The Hall–Kier alpha value is -1.18. The first-order chi connectivity index (χ1) is 10.6. The van der Waals surface area contributed by atoms with Crippen molar-refractivity contribution in [3.8, 4) is 0 Å². The molecule has 0 spiro atoms. The van der Waals surface area contributed by atoms with Gasteiger partial charge in [-0.05, 0) is 36.7 Å². The zero-order valence-corrected chi connectivity index (χ0v) is 14.1. The average Bonchev–Trinajstić information content (AvgIpc) is 2.53. The van der Waals surface area contributed by atoms with Gasteiger partial charge in [0.1, 0.15) is 5.82 Å². The van der Waals surface area contributed by atoms with Crippen molar-refractivity contribution in [2.24, 2.45) is 10.7 Å². The Morgan fingerprint density at radius 1 is 1.41 bits per heavy atom. The molecule has 22 heavy (non-hydrogen) atoms. The molecule has 122 valence electrons. The summed E-state index contributed by atoms with van der Waals surface area (Å²) in [6.45, 7) is 5.78. The molecule has 0 amide bonds. The second-order valence-electron chi connectivity index (χ2n) is 5.17. The van der Waals surface area contributed by atoms with Crippen molar-refractivity contribution in [2.75, 3.05) is 39.4 Å². The molecule has 7 heteroatoms. The fourth-order valence-electron chi connectivity index (χ4n) is 2.23. The van der Waals surface area contributed by atoms with E-state index in [1.807, 2.05) is 0 Å². The monoisotopic (exact) mass is 372 g/mol. The smallest absolute Gasteiger partial charge is 0.188 e. The summed E-state index contributed by atoms with van der Waals surface area (Å²) in [5, 5.41) is 3.09. The van der Waals surface area contributed by atoms with Gasteiger partial charge in [0.15, 0.2) is 5.96 Å². The maximum Gasteiger partial charge on any atom is 0.188 e. The number of rotatable bonds is 6. The third-order valence-electron chi connectivity index (χ3n) is 3.49. The molecule has 0 aromatic heterocycles. The molecule has 0 radical (unpaired) electrons. The first-order valence-electron chi connectivity index (χ1n) is 7.43. The van der Waals surface area contributed by atoms with E-state index < -0.39 is 0 Å². The SMILES string of the molecule is NC(=NCc1cc(F)ccc1Br)NCCCN1CCOCC1. The number of nitrogens with zero attached hydrogens (tertiary/aromatic N) is 2. The molecule has 1 aromatic carbocycles. The van der Waals surface area contributed by atoms with E-state index in [1.165, 1.54) is 12.1 Å². The predicted molar refractivity (Wildman–Crippen MR) is 89.3 cm³/mol. The minimum atomic E-state index is -0.273. The summed E-state index contributed by atoms with van der Waals surface area (Å²) < 4.78 is 19.3. The highest BCUT2D eigenvalue weighted by Crippen LogP contribution is 2.18. The normalized spacial score (nSPS) is 16.7. The van der Waals surface area contributed by atoms with Gasteiger partial charge in [0.2, 0.25) is 0 Å². The Bertz CT molecular complexity index is 506. The molecular weight excluding hydrogens is 351 g/mol. The van der Waals surface area contributed by atoms with Crippen LogP contribution < -0.4 is 11.1 Å². The standard InChI is InChI=1S/C15H22BrFN4O/c16-14-3-2-13(17)10-12(14)11-20-15(18)19-4-1-5-21-6-8-22-9-7-21/h2-3,10H,1,4-9,11H2,(H3,18,19,20). The van der Waals surface area contributed by atoms with Crippen LogP contribution in [0.5, 0.6) is 0 Å². The van der Waals surface area contributed by atoms with E-state index in [9.17, 15) is 4.39 Å². The van der Waals surface area contributed by atoms with Crippen LogP contribution in [0.2, 0.25) is 0 Å². The summed E-state index contributed by atoms with van der Waals surface area (Å²) >= 11 is 3.38. The minimum Gasteiger partial charge on any atom is -0.379 e. The zero-order valence-electron chi connectivity index (χ0n) is 12.5. The van der Waals surface area contributed by atoms with E-state index in [-0.39, 0.29) is 5.82 Å². The van der Waals surface area contributed by atoms with E-state index >= 15 is 0 Å². The summed E-state index contributed by atoms with van der Waals surface area (Å²) in [5.74, 6) is 0.114. The highest BCUT2D eigenvalue weighted by atomic mass is 79.9. The lowest BCUT2D eigenvalue weighted by Gasteiger charge is -2.26. The van der Waals surface area contributed by atoms with E-state index in [0.29, 0.717) is 12.5 Å². The summed E-state index contributed by atoms with van der Waals surface area (Å²) in [6.07, 6.45) is 1.000. The second kappa shape index (κ2) is 9.07. The third-order valence-corrected chi connectivity index (χ3v) is 4.26. The number of halogens is 2. The second-order valence-corrected chi connectivity index (χ2v) is 6.03. The Morgan fingerprint density at radius 3 is 2.95 bits per heavy atom. The van der Waals surface area contributed by atoms with Crippen LogP contribution in [0.25, 0.3) is 0 Å². The lowest BCUT2D eigenvalue weighted by molar-refractivity contribution is 0.0376. The van der Waals surface area contributed by atoms with E-state index in [1.54, 1.807) is 6.07 Å². The molecule has 5 nitrogen and oxygen atoms in total. The fourth-order valence-corrected chi connectivity index (χ4v) is 2.61. The number of ether oxygens (including phenoxy) is 1. The van der Waals surface area contributed by atoms with E-state index in [0.717, 1.165) is 55.8 Å². The Kier molecular flexibility index (Phi) is 7.08. The highest BCUT2D eigenvalue weighted by Gasteiger charge is 2.09. The van der Waals surface area contributed by atoms with Crippen LogP contribution in [0.1, 0.15) is 12.0 Å². The topological polar surface area (TPSA) is 62.9 Å². The van der Waals surface area contributed by atoms with Gasteiger partial charge in [-0.25, -0.2) is 9.38 Å². The van der Waals surface area contributed by atoms with Gasteiger partial charge in [0, 0.05) is 24.1 Å². The van der Waals surface area contributed by atoms with Crippen LogP contribution in [0, 0.1) is 5.82 Å². The molecule has 1 aliphatic heterocycles. The average molecular weight is 373 g/mol. The van der Waals surface area contributed by atoms with Gasteiger partial charge in [0.05, 0.1) is 19.8 Å². The van der Waals surface area contributed by atoms with Crippen molar-refractivity contribution in [1.29, 1.82) is 0 Å². The number of guanidine groups is 1. The molecule has 0 saturated carbocycles. The van der Waals surface area contributed by atoms with Crippen LogP contribution in [-0.4, -0.2) is 50.3 Å². The van der Waals surface area contributed by atoms with Gasteiger partial charge in [-0.15, -0.1) is 0 Å². The number of benzene rings is 1. The van der Waals surface area contributed by atoms with Crippen molar-refractivity contribution in [3.63, 3.8) is 0 Å². The maximum atomic E-state index is 13.2. The number of nitrogens with two attached hydrogens (primary N) is 1. The summed E-state index contributed by atoms with van der Waals surface area (Å²) in [5.41, 5.74) is 6.60. The zero-order chi connectivity index (χ0) is 15.8. The molecule has 1 saturated heterocycles. The molecule has 1 aliphatic rings. The maximum absolute atomic E-state index is 13.2. The molecule has 1 heterocycles. The Morgan fingerprint density at radius 2 is 2.18 bits per heavy atom. The Balaban J connectivity index is 1.67. The number of hydrogen-bond acceptors (Lipinski definition) is 3. The molecule has 2 rings (SSSR count). The molecule has 1 fully saturated rings. The third kappa shape index (κ3) is 5.90. The first-order valence-corrected chi connectivity index (χ1v) is 8.22. The fraction of sp³-hybridized carbons (Fsp3) is 0.533. The molecule has 0 aliphatic carbocycles. The van der Waals surface area contributed by atoms with Crippen LogP contribution in [0.4, 0.5) is 4.39 Å². The lowest BCUT2D eigenvalue weighted by atomic mass is 10.2. The van der Waals surface area contributed by atoms with Crippen LogP contribution in [-0.2, 0) is 11.3 Å². The first kappa shape index (κ1) is 17.2. The van der Waals surface area contributed by atoms with Gasteiger partial charge in [-0.1, -0.05) is 15.9 Å². The lowest BCUT2D eigenvalue weighted by Crippen LogP contribution is -2.39. The number of hydrogen-bond donors (Lipinski definition) is 2. The number of aliphatic imine (C=N–C) groups is 1. The summed E-state index contributed by atoms with van der Waals surface area (Å²) in [6, 6.07) is 4.54. The van der Waals surface area contributed by atoms with Gasteiger partial charge < -0.3 is 15.8 Å². The van der Waals surface area contributed by atoms with Gasteiger partial charge >= 0.3 is 0 Å². The van der Waals surface area contributed by atoms with Crippen LogP contribution in [0.15, 0.2) is 27.7 Å². The molecule has 0 bridgehead atoms. The molecular formula is C15H22BrFN4O. The predicted octanol–water partition coefficient (Wildman–Crippen LogP) is 1.71. The summed E-state index contributed by atoms with van der Waals surface area (Å²) in [7, 11) is 0. The van der Waals surface area contributed by atoms with Crippen molar-refractivity contribution >= 4 is 21.9 Å². The summed E-state index contributed by atoms with van der Waals surface area (Å²) in [4.78, 5) is 6.61. The molecule has 0 unspecified atom stereocenters. The van der Waals surface area contributed by atoms with Gasteiger partial charge in [-0.3, -0.25) is 4.90 Å². The largest absolute Gasteiger partial charge is 0.379 e.